The molecule has 0 radical (unpaired) electrons. The molecule has 14 heavy (non-hydrogen) atoms. The van der Waals surface area contributed by atoms with Crippen molar-refractivity contribution >= 4 is 21.2 Å². The van der Waals surface area contributed by atoms with Crippen LogP contribution in [0.1, 0.15) is 19.8 Å². The molecule has 0 amide bonds. The third-order valence-corrected chi connectivity index (χ3v) is 4.23. The van der Waals surface area contributed by atoms with Crippen LogP contribution in [0.15, 0.2) is 0 Å². The molecule has 1 fully saturated rings. The largest absolute Gasteiger partial charge is 0.772 e. The Labute approximate surface area is 86.2 Å². The molecule has 0 aromatic heterocycles. The molecule has 1 rings (SSSR count). The van der Waals surface area contributed by atoms with E-state index in [9.17, 15) is 17.2 Å². The zero-order valence-electron chi connectivity index (χ0n) is 8.06. The highest BCUT2D eigenvalue weighted by Gasteiger charge is 2.48. The van der Waals surface area contributed by atoms with Crippen molar-refractivity contribution < 1.29 is 21.4 Å². The van der Waals surface area contributed by atoms with Gasteiger partial charge < -0.3 is 4.55 Å². The predicted molar refractivity (Wildman–Crippen MR) is 50.8 cm³/mol. The van der Waals surface area contributed by atoms with Gasteiger partial charge in [-0.1, -0.05) is 18.0 Å². The summed E-state index contributed by atoms with van der Waals surface area (Å²) in [6.45, 7) is 1.54. The summed E-state index contributed by atoms with van der Waals surface area (Å²) in [7, 11) is -3.48. The molecule has 0 saturated heterocycles. The molecule has 0 aliphatic heterocycles. The fourth-order valence-corrected chi connectivity index (χ4v) is 2.42. The van der Waals surface area contributed by atoms with Gasteiger partial charge in [-0.2, -0.15) is 8.42 Å². The molecule has 0 spiro atoms. The molecule has 0 aromatic carbocycles. The third-order valence-electron chi connectivity index (χ3n) is 2.60. The first-order chi connectivity index (χ1) is 6.27. The Balaban J connectivity index is 2.56. The van der Waals surface area contributed by atoms with Gasteiger partial charge in [0.25, 0.3) is 10.1 Å². The highest BCUT2D eigenvalue weighted by atomic mass is 32.2. The highest BCUT2D eigenvalue weighted by molar-refractivity contribution is 7.86. The van der Waals surface area contributed by atoms with Crippen LogP contribution in [-0.4, -0.2) is 35.3 Å². The summed E-state index contributed by atoms with van der Waals surface area (Å²) in [6, 6.07) is 0. The van der Waals surface area contributed by atoms with Crippen LogP contribution in [-0.2, 0) is 25.4 Å². The average Bonchev–Trinajstić information content (AvgIpc) is 2.79. The van der Waals surface area contributed by atoms with Crippen molar-refractivity contribution in [2.24, 2.45) is 5.41 Å². The van der Waals surface area contributed by atoms with Gasteiger partial charge in [0.2, 0.25) is 0 Å². The second kappa shape index (κ2) is 3.88. The molecular formula is C7H13O5S2-. The Morgan fingerprint density at radius 2 is 2.07 bits per heavy atom. The van der Waals surface area contributed by atoms with Gasteiger partial charge in [-0.15, -0.1) is 0 Å². The maximum Gasteiger partial charge on any atom is 0.264 e. The van der Waals surface area contributed by atoms with Crippen LogP contribution in [0.5, 0.6) is 0 Å². The van der Waals surface area contributed by atoms with Gasteiger partial charge in [-0.05, 0) is 12.8 Å². The van der Waals surface area contributed by atoms with Gasteiger partial charge in [-0.25, -0.2) is 0 Å². The van der Waals surface area contributed by atoms with Gasteiger partial charge in [-0.3, -0.25) is 8.39 Å². The standard InChI is InChI=1S/C7H14O5S2/c1-6(13(8)9)7(3-4-7)5-12-14(2,10)11/h6H,3-5H2,1-2H3,(H,8,9)/p-1. The number of rotatable bonds is 5. The minimum absolute atomic E-state index is 0.0268. The first-order valence-corrected chi connectivity index (χ1v) is 7.15. The van der Waals surface area contributed by atoms with E-state index in [0.29, 0.717) is 12.8 Å². The lowest BCUT2D eigenvalue weighted by Crippen LogP contribution is -2.29. The Morgan fingerprint density at radius 3 is 2.36 bits per heavy atom. The molecule has 0 bridgehead atoms. The second-order valence-electron chi connectivity index (χ2n) is 3.73. The van der Waals surface area contributed by atoms with E-state index in [0.717, 1.165) is 6.26 Å². The summed E-state index contributed by atoms with van der Waals surface area (Å²) < 4.78 is 47.5. The molecule has 1 aliphatic carbocycles. The molecule has 2 atom stereocenters. The molecule has 1 aliphatic rings. The lowest BCUT2D eigenvalue weighted by atomic mass is 10.1. The van der Waals surface area contributed by atoms with Crippen LogP contribution < -0.4 is 0 Å². The van der Waals surface area contributed by atoms with E-state index in [1.54, 1.807) is 6.92 Å². The second-order valence-corrected chi connectivity index (χ2v) is 6.60. The molecule has 0 aromatic rings. The lowest BCUT2D eigenvalue weighted by Gasteiger charge is -2.24. The minimum atomic E-state index is -3.48. The summed E-state index contributed by atoms with van der Waals surface area (Å²) in [5.74, 6) is 0. The number of hydrogen-bond acceptors (Lipinski definition) is 5. The molecule has 1 saturated carbocycles. The molecule has 84 valence electrons. The monoisotopic (exact) mass is 241 g/mol. The molecule has 5 nitrogen and oxygen atoms in total. The summed E-state index contributed by atoms with van der Waals surface area (Å²) in [5.41, 5.74) is -0.476. The van der Waals surface area contributed by atoms with Crippen LogP contribution in [0.3, 0.4) is 0 Å². The fourth-order valence-electron chi connectivity index (χ4n) is 1.26. The van der Waals surface area contributed by atoms with Crippen molar-refractivity contribution in [2.75, 3.05) is 12.9 Å². The third kappa shape index (κ3) is 3.01. The van der Waals surface area contributed by atoms with E-state index >= 15 is 0 Å². The minimum Gasteiger partial charge on any atom is -0.772 e. The summed E-state index contributed by atoms with van der Waals surface area (Å²) in [6.07, 6.45) is 2.37. The van der Waals surface area contributed by atoms with Crippen LogP contribution in [0.25, 0.3) is 0 Å². The molecule has 0 N–H and O–H groups in total. The van der Waals surface area contributed by atoms with E-state index in [1.807, 2.05) is 0 Å². The van der Waals surface area contributed by atoms with Gasteiger partial charge in [0.1, 0.15) is 0 Å². The zero-order valence-corrected chi connectivity index (χ0v) is 9.69. The maximum absolute atomic E-state index is 10.7. The quantitative estimate of drug-likeness (QED) is 0.500. The first kappa shape index (κ1) is 12.1. The topological polar surface area (TPSA) is 83.5 Å². The van der Waals surface area contributed by atoms with Crippen molar-refractivity contribution in [1.29, 1.82) is 0 Å². The van der Waals surface area contributed by atoms with Crippen LogP contribution in [0.4, 0.5) is 0 Å². The van der Waals surface area contributed by atoms with Gasteiger partial charge in [0.15, 0.2) is 0 Å². The van der Waals surface area contributed by atoms with E-state index in [-0.39, 0.29) is 6.61 Å². The molecule has 2 unspecified atom stereocenters. The molecule has 7 heteroatoms. The molecular weight excluding hydrogens is 228 g/mol. The highest BCUT2D eigenvalue weighted by Crippen LogP contribution is 2.50. The van der Waals surface area contributed by atoms with E-state index in [1.165, 1.54) is 0 Å². The predicted octanol–water partition coefficient (Wildman–Crippen LogP) is 0.0104. The van der Waals surface area contributed by atoms with Gasteiger partial charge in [0, 0.05) is 10.7 Å². The van der Waals surface area contributed by atoms with Crippen LogP contribution in [0, 0.1) is 5.41 Å². The normalized spacial score (nSPS) is 24.2. The van der Waals surface area contributed by atoms with E-state index in [4.69, 9.17) is 0 Å². The van der Waals surface area contributed by atoms with Crippen LogP contribution >= 0.6 is 0 Å². The SMILES string of the molecule is CC(S(=O)[O-])C1(COS(C)(=O)=O)CC1. The Kier molecular flexibility index (Phi) is 3.35. The van der Waals surface area contributed by atoms with Gasteiger partial charge >= 0.3 is 0 Å². The maximum atomic E-state index is 10.7. The smallest absolute Gasteiger partial charge is 0.264 e. The number of hydrogen-bond donors (Lipinski definition) is 0. The van der Waals surface area contributed by atoms with E-state index < -0.39 is 31.9 Å². The first-order valence-electron chi connectivity index (χ1n) is 4.19. The Bertz CT molecular complexity index is 330. The van der Waals surface area contributed by atoms with Crippen molar-refractivity contribution in [3.8, 4) is 0 Å². The van der Waals surface area contributed by atoms with Crippen molar-refractivity contribution in [2.45, 2.75) is 25.0 Å². The summed E-state index contributed by atoms with van der Waals surface area (Å²) in [4.78, 5) is 0. The summed E-state index contributed by atoms with van der Waals surface area (Å²) >= 11 is -2.17. The lowest BCUT2D eigenvalue weighted by molar-refractivity contribution is 0.237. The molecule has 0 heterocycles. The van der Waals surface area contributed by atoms with Crippen LogP contribution in [0.2, 0.25) is 0 Å². The Morgan fingerprint density at radius 1 is 1.57 bits per heavy atom. The van der Waals surface area contributed by atoms with Crippen molar-refractivity contribution in [3.05, 3.63) is 0 Å². The van der Waals surface area contributed by atoms with Crippen molar-refractivity contribution in [3.63, 3.8) is 0 Å². The zero-order chi connectivity index (χ0) is 11.0. The average molecular weight is 241 g/mol. The summed E-state index contributed by atoms with van der Waals surface area (Å²) in [5, 5.41) is -0.552. The van der Waals surface area contributed by atoms with E-state index in [2.05, 4.69) is 4.18 Å². The van der Waals surface area contributed by atoms with Gasteiger partial charge in [0.05, 0.1) is 12.9 Å². The Hall–Kier alpha value is 0.0200. The van der Waals surface area contributed by atoms with Crippen molar-refractivity contribution in [1.82, 2.24) is 0 Å². The fraction of sp³-hybridized carbons (Fsp3) is 1.00.